The summed E-state index contributed by atoms with van der Waals surface area (Å²) in [5.41, 5.74) is 2.26. The van der Waals surface area contributed by atoms with Gasteiger partial charge in [-0.2, -0.15) is 5.26 Å². The van der Waals surface area contributed by atoms with Gasteiger partial charge >= 0.3 is 0 Å². The molecule has 1 atom stereocenters. The van der Waals surface area contributed by atoms with Gasteiger partial charge in [-0.05, 0) is 25.5 Å². The predicted molar refractivity (Wildman–Crippen MR) is 68.7 cm³/mol. The van der Waals surface area contributed by atoms with E-state index in [4.69, 9.17) is 16.9 Å². The summed E-state index contributed by atoms with van der Waals surface area (Å²) in [5.74, 6) is 0.538. The van der Waals surface area contributed by atoms with Gasteiger partial charge in [-0.15, -0.1) is 11.6 Å². The van der Waals surface area contributed by atoms with Crippen LogP contribution in [-0.4, -0.2) is 13.1 Å². The highest BCUT2D eigenvalue weighted by molar-refractivity contribution is 6.17. The molecule has 1 unspecified atom stereocenters. The third-order valence-electron chi connectivity index (χ3n) is 2.57. The number of nitrogens with zero attached hydrogens (tertiary/aromatic N) is 2. The highest BCUT2D eigenvalue weighted by atomic mass is 35.5. The largest absolute Gasteiger partial charge is 0.370 e. The minimum absolute atomic E-state index is 0.0309. The highest BCUT2D eigenvalue weighted by Gasteiger charge is 2.11. The van der Waals surface area contributed by atoms with Gasteiger partial charge in [0, 0.05) is 24.7 Å². The molecule has 0 bridgehead atoms. The van der Waals surface area contributed by atoms with E-state index in [-0.39, 0.29) is 5.92 Å². The quantitative estimate of drug-likeness (QED) is 0.733. The number of rotatable bonds is 5. The number of para-hydroxylation sites is 1. The van der Waals surface area contributed by atoms with E-state index >= 15 is 0 Å². The summed E-state index contributed by atoms with van der Waals surface area (Å²) >= 11 is 5.91. The third-order valence-corrected chi connectivity index (χ3v) is 2.86. The summed E-state index contributed by atoms with van der Waals surface area (Å²) in [7, 11) is 0. The Morgan fingerprint density at radius 1 is 1.44 bits per heavy atom. The maximum absolute atomic E-state index is 8.85. The van der Waals surface area contributed by atoms with Crippen molar-refractivity contribution in [3.05, 3.63) is 29.8 Å². The maximum atomic E-state index is 8.85. The van der Waals surface area contributed by atoms with E-state index in [9.17, 15) is 0 Å². The van der Waals surface area contributed by atoms with E-state index in [1.54, 1.807) is 0 Å². The molecule has 0 aliphatic rings. The van der Waals surface area contributed by atoms with Gasteiger partial charge in [-0.3, -0.25) is 0 Å². The lowest BCUT2D eigenvalue weighted by Crippen LogP contribution is -2.28. The zero-order valence-electron chi connectivity index (χ0n) is 9.78. The Bertz CT molecular complexity index is 370. The molecule has 0 N–H and O–H groups in total. The standard InChI is InChI=1S/C13H17ClN2/c1-3-16(10-11(2)9-15)13-7-5-4-6-12(13)8-14/h4-7,11H,3,8,10H2,1-2H3. The van der Waals surface area contributed by atoms with Crippen LogP contribution in [0.25, 0.3) is 0 Å². The molecule has 16 heavy (non-hydrogen) atoms. The molecule has 0 spiro atoms. The Labute approximate surface area is 102 Å². The average Bonchev–Trinajstić information content (AvgIpc) is 2.35. The predicted octanol–water partition coefficient (Wildman–Crippen LogP) is 3.41. The molecule has 0 aliphatic heterocycles. The van der Waals surface area contributed by atoms with Crippen LogP contribution < -0.4 is 4.90 Å². The van der Waals surface area contributed by atoms with Crippen LogP contribution in [0, 0.1) is 17.2 Å². The number of nitriles is 1. The fraction of sp³-hybridized carbons (Fsp3) is 0.462. The lowest BCUT2D eigenvalue weighted by Gasteiger charge is -2.26. The number of anilines is 1. The van der Waals surface area contributed by atoms with Crippen LogP contribution in [0.15, 0.2) is 24.3 Å². The molecule has 2 nitrogen and oxygen atoms in total. The molecule has 1 rings (SSSR count). The van der Waals surface area contributed by atoms with Crippen LogP contribution in [0.3, 0.4) is 0 Å². The lowest BCUT2D eigenvalue weighted by molar-refractivity contribution is 0.684. The van der Waals surface area contributed by atoms with Crippen molar-refractivity contribution in [2.45, 2.75) is 19.7 Å². The molecule has 0 fully saturated rings. The van der Waals surface area contributed by atoms with Crippen molar-refractivity contribution in [3.8, 4) is 6.07 Å². The van der Waals surface area contributed by atoms with Gasteiger partial charge in [-0.1, -0.05) is 18.2 Å². The summed E-state index contributed by atoms with van der Waals surface area (Å²) in [6.07, 6.45) is 0. The van der Waals surface area contributed by atoms with Crippen molar-refractivity contribution in [2.24, 2.45) is 5.92 Å². The molecule has 3 heteroatoms. The first-order chi connectivity index (χ1) is 7.72. The molecule has 0 aliphatic carbocycles. The molecule has 0 aromatic heterocycles. The second-order valence-corrected chi connectivity index (χ2v) is 4.10. The van der Waals surface area contributed by atoms with E-state index < -0.39 is 0 Å². The third kappa shape index (κ3) is 3.15. The molecule has 1 aromatic rings. The molecule has 0 amide bonds. The van der Waals surface area contributed by atoms with Gasteiger partial charge < -0.3 is 4.90 Å². The van der Waals surface area contributed by atoms with Crippen LogP contribution >= 0.6 is 11.6 Å². The van der Waals surface area contributed by atoms with Crippen LogP contribution in [0.2, 0.25) is 0 Å². The van der Waals surface area contributed by atoms with Gasteiger partial charge in [0.2, 0.25) is 0 Å². The van der Waals surface area contributed by atoms with Crippen LogP contribution in [0.1, 0.15) is 19.4 Å². The normalized spacial score (nSPS) is 11.9. The monoisotopic (exact) mass is 236 g/mol. The van der Waals surface area contributed by atoms with Gasteiger partial charge in [0.1, 0.15) is 0 Å². The second kappa shape index (κ2) is 6.40. The Balaban J connectivity index is 2.90. The molecule has 86 valence electrons. The smallest absolute Gasteiger partial charge is 0.0671 e. The van der Waals surface area contributed by atoms with E-state index in [1.165, 1.54) is 0 Å². The number of hydrogen-bond donors (Lipinski definition) is 0. The second-order valence-electron chi connectivity index (χ2n) is 3.83. The topological polar surface area (TPSA) is 27.0 Å². The first kappa shape index (κ1) is 12.9. The molecule has 0 saturated heterocycles. The van der Waals surface area contributed by atoms with Crippen LogP contribution in [-0.2, 0) is 5.88 Å². The van der Waals surface area contributed by atoms with Crippen molar-refractivity contribution in [1.82, 2.24) is 0 Å². The summed E-state index contributed by atoms with van der Waals surface area (Å²) in [4.78, 5) is 2.20. The van der Waals surface area contributed by atoms with E-state index in [2.05, 4.69) is 24.0 Å². The van der Waals surface area contributed by atoms with Crippen molar-refractivity contribution in [3.63, 3.8) is 0 Å². The highest BCUT2D eigenvalue weighted by Crippen LogP contribution is 2.22. The van der Waals surface area contributed by atoms with Crippen LogP contribution in [0.4, 0.5) is 5.69 Å². The molecule has 0 saturated carbocycles. The van der Waals surface area contributed by atoms with Crippen molar-refractivity contribution in [1.29, 1.82) is 5.26 Å². The molecular formula is C13H17ClN2. The van der Waals surface area contributed by atoms with E-state index in [0.717, 1.165) is 24.3 Å². The van der Waals surface area contributed by atoms with Gasteiger partial charge in [0.15, 0.2) is 0 Å². The van der Waals surface area contributed by atoms with Crippen molar-refractivity contribution in [2.75, 3.05) is 18.0 Å². The first-order valence-corrected chi connectivity index (χ1v) is 6.04. The van der Waals surface area contributed by atoms with Crippen LogP contribution in [0.5, 0.6) is 0 Å². The molecular weight excluding hydrogens is 220 g/mol. The molecule has 0 radical (unpaired) electrons. The first-order valence-electron chi connectivity index (χ1n) is 5.51. The summed E-state index contributed by atoms with van der Waals surface area (Å²) in [5, 5.41) is 8.85. The fourth-order valence-electron chi connectivity index (χ4n) is 1.70. The average molecular weight is 237 g/mol. The zero-order valence-corrected chi connectivity index (χ0v) is 10.5. The number of hydrogen-bond acceptors (Lipinski definition) is 2. The minimum Gasteiger partial charge on any atom is -0.370 e. The number of alkyl halides is 1. The van der Waals surface area contributed by atoms with Crippen molar-refractivity contribution >= 4 is 17.3 Å². The Hall–Kier alpha value is -1.20. The number of benzene rings is 1. The minimum atomic E-state index is 0.0309. The van der Waals surface area contributed by atoms with E-state index in [1.807, 2.05) is 25.1 Å². The van der Waals surface area contributed by atoms with Gasteiger partial charge in [-0.25, -0.2) is 0 Å². The van der Waals surface area contributed by atoms with Gasteiger partial charge in [0.05, 0.1) is 12.0 Å². The summed E-state index contributed by atoms with van der Waals surface area (Å²) in [6.45, 7) is 5.67. The number of halogens is 1. The summed E-state index contributed by atoms with van der Waals surface area (Å²) < 4.78 is 0. The molecule has 1 aromatic carbocycles. The van der Waals surface area contributed by atoms with E-state index in [0.29, 0.717) is 5.88 Å². The Morgan fingerprint density at radius 3 is 2.69 bits per heavy atom. The zero-order chi connectivity index (χ0) is 12.0. The lowest BCUT2D eigenvalue weighted by atomic mass is 10.1. The SMILES string of the molecule is CCN(CC(C)C#N)c1ccccc1CCl. The Morgan fingerprint density at radius 2 is 2.12 bits per heavy atom. The van der Waals surface area contributed by atoms with Crippen molar-refractivity contribution < 1.29 is 0 Å². The van der Waals surface area contributed by atoms with Gasteiger partial charge in [0.25, 0.3) is 0 Å². The summed E-state index contributed by atoms with van der Waals surface area (Å²) in [6, 6.07) is 10.3. The fourth-order valence-corrected chi connectivity index (χ4v) is 1.93. The molecule has 0 heterocycles. The maximum Gasteiger partial charge on any atom is 0.0671 e. The Kier molecular flexibility index (Phi) is 5.14.